The molecule has 15 aromatic rings. The first-order chi connectivity index (χ1) is 60.9. The molecule has 0 radical (unpaired) electrons. The molecule has 22 nitrogen and oxygen atoms in total. The van der Waals surface area contributed by atoms with E-state index in [0.29, 0.717) is 11.1 Å². The smallest absolute Gasteiger partial charge is 0 e. The minimum atomic E-state index is -4.94. The van der Waals surface area contributed by atoms with Crippen LogP contribution in [-0.2, 0) is 50.9 Å². The number of carbonyl (C=O) groups excluding carboxylic acids is 2. The van der Waals surface area contributed by atoms with Gasteiger partial charge < -0.3 is 25.7 Å². The Morgan fingerprint density at radius 3 is 0.945 bits per heavy atom. The Kier molecular flexibility index (Phi) is 29.3. The van der Waals surface area contributed by atoms with E-state index in [2.05, 4.69) is 244 Å². The molecule has 27 heteroatoms. The maximum atomic E-state index is 14.8. The van der Waals surface area contributed by atoms with Gasteiger partial charge in [0.1, 0.15) is 34.1 Å². The Bertz CT molecular complexity index is 5950. The molecule has 9 aromatic carbocycles. The van der Waals surface area contributed by atoms with Gasteiger partial charge in [-0.25, -0.2) is 47.2 Å². The summed E-state index contributed by atoms with van der Waals surface area (Å²) in [6.07, 6.45) is 13.8. The average molecular weight is 2110 g/mol. The predicted octanol–water partition coefficient (Wildman–Crippen LogP) is 13.0. The molecule has 10 heterocycles. The second-order valence-electron chi connectivity index (χ2n) is 29.2. The number of pyridine rings is 6. The van der Waals surface area contributed by atoms with Gasteiger partial charge >= 0.3 is 28.2 Å². The largest absolute Gasteiger partial charge is 0.222 e. The van der Waals surface area contributed by atoms with Crippen LogP contribution in [0.1, 0.15) is 98.5 Å². The van der Waals surface area contributed by atoms with Crippen LogP contribution in [0.3, 0.4) is 0 Å². The molecular formula is C100H79Cl3N10O12Pt2-3. The van der Waals surface area contributed by atoms with E-state index in [1.807, 2.05) is 149 Å². The molecule has 0 aliphatic carbocycles. The van der Waals surface area contributed by atoms with Crippen molar-refractivity contribution in [2.45, 2.75) is 52.6 Å². The van der Waals surface area contributed by atoms with Crippen molar-refractivity contribution in [1.82, 2.24) is 29.9 Å². The van der Waals surface area contributed by atoms with E-state index in [0.717, 1.165) is 190 Å². The van der Waals surface area contributed by atoms with Gasteiger partial charge in [0.05, 0.1) is 45.6 Å². The van der Waals surface area contributed by atoms with Crippen molar-refractivity contribution >= 4 is 44.0 Å². The standard InChI is InChI=1S/2C46H37N5O2.C8H5.2ClHO4.ClH.2Pt/c2*1-4-50(5-2)34-21-23-38-44(29-34)53-43-26-30(3)16-22-37(43)46(38)36-13-7-6-12-35(36)45(52)51(46)33-19-17-31(18-20-33)32-27-41(39-14-8-10-24-47-39)49-42(28-32)40-15-9-11-25-48-40;1-2-8-6-4-3-5-7-8;2*2-1(3,4)5;;;/h2*6-29H,4-5H2,1-3H3;3-7H;2*(H,2,3,4,5);1H;;/q;;-1;;;;;+1/p-3/t2*46-;;;;;;/m11....../s1. The van der Waals surface area contributed by atoms with Crippen molar-refractivity contribution in [1.29, 1.82) is 0 Å². The monoisotopic (exact) mass is 2110 g/mol. The van der Waals surface area contributed by atoms with Crippen molar-refractivity contribution < 1.29 is 117 Å². The fourth-order valence-electron chi connectivity index (χ4n) is 16.5. The third-order valence-electron chi connectivity index (χ3n) is 21.8. The number of rotatable bonds is 14. The van der Waals surface area contributed by atoms with Crippen LogP contribution < -0.4 is 66.3 Å². The predicted molar refractivity (Wildman–Crippen MR) is 460 cm³/mol. The maximum absolute atomic E-state index is 14.8. The van der Waals surface area contributed by atoms with Crippen LogP contribution in [0, 0.1) is 46.7 Å². The molecule has 0 fully saturated rings. The molecule has 6 aromatic heterocycles. The normalized spacial score (nSPS) is 14.4. The maximum Gasteiger partial charge on any atom is 0 e. The van der Waals surface area contributed by atoms with Gasteiger partial charge in [0.25, 0.3) is 11.8 Å². The number of fused-ring (bicyclic) bond motifs is 12. The summed E-state index contributed by atoms with van der Waals surface area (Å²) < 4.78 is 81.4. The van der Waals surface area contributed by atoms with Gasteiger partial charge in [-0.15, -0.1) is 38.2 Å². The van der Waals surface area contributed by atoms with Crippen LogP contribution in [-0.4, -0.2) is 67.9 Å². The second-order valence-corrected chi connectivity index (χ2v) is 30.7. The third-order valence-corrected chi connectivity index (χ3v) is 21.8. The van der Waals surface area contributed by atoms with E-state index in [-0.39, 0.29) is 32.9 Å². The molecule has 4 aliphatic rings. The van der Waals surface area contributed by atoms with Crippen LogP contribution in [0.25, 0.3) is 67.8 Å². The first-order valence-electron chi connectivity index (χ1n) is 39.9. The number of anilines is 4. The molecule has 0 N–H and O–H groups in total. The van der Waals surface area contributed by atoms with Crippen LogP contribution >= 0.6 is 9.42 Å². The summed E-state index contributed by atoms with van der Waals surface area (Å²) in [5, 5.41) is 0. The minimum Gasteiger partial charge on any atom is -0.222 e. The molecule has 0 unspecified atom stereocenters. The molecule has 0 bridgehead atoms. The van der Waals surface area contributed by atoms with Gasteiger partial charge in [0.15, 0.2) is 0 Å². The van der Waals surface area contributed by atoms with E-state index in [1.165, 1.54) is 0 Å². The quantitative estimate of drug-likeness (QED) is 0.0721. The average Bonchev–Trinajstić information content (AvgIpc) is 1.54. The van der Waals surface area contributed by atoms with Gasteiger partial charge in [-0.1, -0.05) is 140 Å². The molecule has 0 saturated heterocycles. The molecule has 4 aliphatic heterocycles. The fraction of sp³-hybridized carbons (Fsp3) is 0.120. The van der Waals surface area contributed by atoms with E-state index in [1.54, 1.807) is 43.6 Å². The summed E-state index contributed by atoms with van der Waals surface area (Å²) in [6, 6.07) is 98.9. The van der Waals surface area contributed by atoms with Crippen molar-refractivity contribution in [2.75, 3.05) is 45.8 Å². The van der Waals surface area contributed by atoms with Gasteiger partial charge in [-0.3, -0.25) is 45.2 Å². The third kappa shape index (κ3) is 19.7. The summed E-state index contributed by atoms with van der Waals surface area (Å²) in [6.45, 7) is 16.3. The van der Waals surface area contributed by atoms with Crippen molar-refractivity contribution in [3.63, 3.8) is 0 Å². The van der Waals surface area contributed by atoms with Crippen molar-refractivity contribution in [2.24, 2.45) is 0 Å². The number of amides is 2. The van der Waals surface area contributed by atoms with Crippen LogP contribution in [0.5, 0.6) is 23.0 Å². The number of aryl methyl sites for hydroxylation is 2. The fourth-order valence-corrected chi connectivity index (χ4v) is 16.5. The summed E-state index contributed by atoms with van der Waals surface area (Å²) in [5.41, 5.74) is 21.8. The summed E-state index contributed by atoms with van der Waals surface area (Å²) in [5.74, 6) is 5.17. The van der Waals surface area contributed by atoms with Gasteiger partial charge in [-0.2, -0.15) is 0 Å². The number of halogens is 3. The van der Waals surface area contributed by atoms with Crippen LogP contribution in [0.4, 0.5) is 22.7 Å². The van der Waals surface area contributed by atoms with Gasteiger partial charge in [0, 0.05) is 151 Å². The van der Waals surface area contributed by atoms with Crippen molar-refractivity contribution in [3.05, 3.63) is 390 Å². The number of hydrogen-bond donors (Lipinski definition) is 0. The molecule has 127 heavy (non-hydrogen) atoms. The number of nitrogens with zero attached hydrogens (tertiary/aromatic N) is 10. The Hall–Kier alpha value is -12.5. The number of benzene rings is 9. The first-order valence-corrected chi connectivity index (χ1v) is 45.2. The minimum absolute atomic E-state index is 0. The Labute approximate surface area is 769 Å². The molecule has 645 valence electrons. The Morgan fingerprint density at radius 1 is 0.362 bits per heavy atom. The molecule has 0 saturated carbocycles. The topological polar surface area (TPSA) is 327 Å². The first kappa shape index (κ1) is 92.2. The summed E-state index contributed by atoms with van der Waals surface area (Å²) >= 11 is 1.61. The summed E-state index contributed by atoms with van der Waals surface area (Å²) in [4.78, 5) is 66.5. The van der Waals surface area contributed by atoms with E-state index < -0.39 is 31.6 Å². The zero-order chi connectivity index (χ0) is 89.0. The number of ether oxygens (including phenoxy) is 2. The summed E-state index contributed by atoms with van der Waals surface area (Å²) in [7, 11) is -5.28. The molecule has 2 spiro atoms. The zero-order valence-corrected chi connectivity index (χ0v) is 75.9. The number of aromatic nitrogens is 6. The Morgan fingerprint density at radius 2 is 0.654 bits per heavy atom. The van der Waals surface area contributed by atoms with Crippen molar-refractivity contribution in [3.8, 4) is 96.7 Å². The van der Waals surface area contributed by atoms with Crippen LogP contribution in [0.15, 0.2) is 322 Å². The van der Waals surface area contributed by atoms with Crippen LogP contribution in [0.2, 0.25) is 0 Å². The second kappa shape index (κ2) is 40.4. The van der Waals surface area contributed by atoms with E-state index >= 15 is 0 Å². The van der Waals surface area contributed by atoms with Gasteiger partial charge in [0.2, 0.25) is 0 Å². The van der Waals surface area contributed by atoms with Gasteiger partial charge in [-0.05, 0) is 208 Å². The SMILES string of the molecule is CCN(CC)c1ccc2c(c1)Oc1cc(C)ccc1[C@]21c2ccccc2C(=O)N1c1ccc(-c2cc(-c3ccccn3)nc(-c3ccccn3)c2)cc1.CCN(CC)c1ccc2c(c1)Oc1cc(C)ccc1[C@]21c2ccccc2C(=O)N1c1ccc(-c2cc(-c3ccccn3)nc(-c3ccccn3)c2)cc1.[C-]#Cc1ccccc1.[Cl][Pt].[O-][Cl+3]([O-])([O-])[O-].[O-][Cl+3]([O-])([O-])[O-].[Pt]. The number of carbonyl (C=O) groups is 2. The molecular weight excluding hydrogens is 2030 g/mol. The molecule has 2 atom stereocenters. The number of hydrogen-bond acceptors (Lipinski definition) is 20. The molecule has 19 rings (SSSR count). The van der Waals surface area contributed by atoms with E-state index in [9.17, 15) is 9.59 Å². The Balaban J connectivity index is 0.000000178. The zero-order valence-electron chi connectivity index (χ0n) is 69.1. The molecule has 2 amide bonds. The van der Waals surface area contributed by atoms with E-state index in [4.69, 9.17) is 63.1 Å².